The summed E-state index contributed by atoms with van der Waals surface area (Å²) in [5.41, 5.74) is 1.35. The lowest BCUT2D eigenvalue weighted by molar-refractivity contribution is 0.0953. The Morgan fingerprint density at radius 1 is 1.20 bits per heavy atom. The number of methoxy groups -OCH3 is 1. The molecule has 1 amide bonds. The number of amides is 1. The number of rotatable bonds is 5. The summed E-state index contributed by atoms with van der Waals surface area (Å²) < 4.78 is 18.3. The van der Waals surface area contributed by atoms with Crippen LogP contribution in [0, 0.1) is 5.82 Å². The largest absolute Gasteiger partial charge is 0.496 e. The maximum atomic E-state index is 13.0. The molecular weight excluding hydrogens is 257 g/mol. The number of carbonyl (C=O) groups is 1. The van der Waals surface area contributed by atoms with Gasteiger partial charge in [-0.25, -0.2) is 4.39 Å². The molecule has 0 aromatic heterocycles. The van der Waals surface area contributed by atoms with E-state index in [0.717, 1.165) is 11.3 Å². The van der Waals surface area contributed by atoms with Gasteiger partial charge < -0.3 is 10.1 Å². The van der Waals surface area contributed by atoms with E-state index >= 15 is 0 Å². The smallest absolute Gasteiger partial charge is 0.251 e. The molecule has 0 unspecified atom stereocenters. The summed E-state index contributed by atoms with van der Waals surface area (Å²) in [7, 11) is 1.62. The lowest BCUT2D eigenvalue weighted by Gasteiger charge is -2.09. The van der Waals surface area contributed by atoms with Gasteiger partial charge in [0.05, 0.1) is 7.11 Å². The Balaban J connectivity index is 1.91. The zero-order chi connectivity index (χ0) is 14.4. The summed E-state index contributed by atoms with van der Waals surface area (Å²) in [4.78, 5) is 11.8. The summed E-state index contributed by atoms with van der Waals surface area (Å²) >= 11 is 0. The molecule has 0 saturated heterocycles. The summed E-state index contributed by atoms with van der Waals surface area (Å²) in [6, 6.07) is 13.3. The average Bonchev–Trinajstić information content (AvgIpc) is 2.47. The van der Waals surface area contributed by atoms with E-state index in [0.29, 0.717) is 18.5 Å². The molecule has 0 aliphatic heterocycles. The van der Waals surface area contributed by atoms with E-state index in [1.54, 1.807) is 13.2 Å². The standard InChI is InChI=1S/C16H16FNO2/c1-20-15-8-3-2-5-12(15)9-10-18-16(19)13-6-4-7-14(17)11-13/h2-8,11H,9-10H2,1H3,(H,18,19). The van der Waals surface area contributed by atoms with Gasteiger partial charge in [-0.2, -0.15) is 0 Å². The van der Waals surface area contributed by atoms with Crippen molar-refractivity contribution in [1.82, 2.24) is 5.32 Å². The second kappa shape index (κ2) is 6.70. The van der Waals surface area contributed by atoms with Gasteiger partial charge >= 0.3 is 0 Å². The second-order valence-corrected chi connectivity index (χ2v) is 4.33. The van der Waals surface area contributed by atoms with Crippen molar-refractivity contribution in [3.05, 3.63) is 65.5 Å². The fourth-order valence-corrected chi connectivity index (χ4v) is 1.95. The molecule has 2 aromatic rings. The third kappa shape index (κ3) is 3.57. The molecular formula is C16H16FNO2. The zero-order valence-electron chi connectivity index (χ0n) is 11.2. The van der Waals surface area contributed by atoms with Gasteiger partial charge in [-0.15, -0.1) is 0 Å². The molecule has 0 aliphatic rings. The van der Waals surface area contributed by atoms with E-state index in [2.05, 4.69) is 5.32 Å². The van der Waals surface area contributed by atoms with E-state index in [1.165, 1.54) is 18.2 Å². The number of para-hydroxylation sites is 1. The van der Waals surface area contributed by atoms with E-state index in [-0.39, 0.29) is 5.91 Å². The maximum Gasteiger partial charge on any atom is 0.251 e. The van der Waals surface area contributed by atoms with E-state index in [4.69, 9.17) is 4.74 Å². The third-order valence-corrected chi connectivity index (χ3v) is 2.96. The fraction of sp³-hybridized carbons (Fsp3) is 0.188. The maximum absolute atomic E-state index is 13.0. The number of benzene rings is 2. The van der Waals surface area contributed by atoms with Crippen LogP contribution in [0.5, 0.6) is 5.75 Å². The first-order valence-corrected chi connectivity index (χ1v) is 6.36. The highest BCUT2D eigenvalue weighted by atomic mass is 19.1. The number of nitrogens with one attached hydrogen (secondary N) is 1. The molecule has 0 bridgehead atoms. The number of carbonyl (C=O) groups excluding carboxylic acids is 1. The number of halogens is 1. The normalized spacial score (nSPS) is 10.1. The van der Waals surface area contributed by atoms with E-state index in [1.807, 2.05) is 24.3 Å². The minimum atomic E-state index is -0.414. The Hall–Kier alpha value is -2.36. The minimum Gasteiger partial charge on any atom is -0.496 e. The van der Waals surface area contributed by atoms with Gasteiger partial charge in [0, 0.05) is 12.1 Å². The molecule has 0 spiro atoms. The van der Waals surface area contributed by atoms with Crippen molar-refractivity contribution in [1.29, 1.82) is 0 Å². The van der Waals surface area contributed by atoms with Crippen LogP contribution in [0.15, 0.2) is 48.5 Å². The van der Waals surface area contributed by atoms with E-state index < -0.39 is 5.82 Å². The minimum absolute atomic E-state index is 0.278. The van der Waals surface area contributed by atoms with Crippen molar-refractivity contribution in [2.75, 3.05) is 13.7 Å². The van der Waals surface area contributed by atoms with Crippen molar-refractivity contribution >= 4 is 5.91 Å². The Kier molecular flexibility index (Phi) is 4.71. The SMILES string of the molecule is COc1ccccc1CCNC(=O)c1cccc(F)c1. The molecule has 20 heavy (non-hydrogen) atoms. The first kappa shape index (κ1) is 14.1. The van der Waals surface area contributed by atoms with Gasteiger partial charge in [-0.3, -0.25) is 4.79 Å². The van der Waals surface area contributed by atoms with Crippen molar-refractivity contribution in [3.63, 3.8) is 0 Å². The molecule has 0 radical (unpaired) electrons. The van der Waals surface area contributed by atoms with E-state index in [9.17, 15) is 9.18 Å². The van der Waals surface area contributed by atoms with Crippen LogP contribution in [0.3, 0.4) is 0 Å². The van der Waals surface area contributed by atoms with Gasteiger partial charge in [0.15, 0.2) is 0 Å². The molecule has 2 aromatic carbocycles. The van der Waals surface area contributed by atoms with Gasteiger partial charge in [0.25, 0.3) is 5.91 Å². The van der Waals surface area contributed by atoms with Crippen molar-refractivity contribution in [2.24, 2.45) is 0 Å². The summed E-state index contributed by atoms with van der Waals surface area (Å²) in [5.74, 6) is 0.106. The van der Waals surface area contributed by atoms with Crippen LogP contribution in [0.2, 0.25) is 0 Å². The fourth-order valence-electron chi connectivity index (χ4n) is 1.95. The lowest BCUT2D eigenvalue weighted by Crippen LogP contribution is -2.25. The predicted molar refractivity (Wildman–Crippen MR) is 75.4 cm³/mol. The van der Waals surface area contributed by atoms with Crippen LogP contribution in [0.1, 0.15) is 15.9 Å². The van der Waals surface area contributed by atoms with Crippen LogP contribution in [-0.4, -0.2) is 19.6 Å². The van der Waals surface area contributed by atoms with Crippen LogP contribution >= 0.6 is 0 Å². The quantitative estimate of drug-likeness (QED) is 0.909. The highest BCUT2D eigenvalue weighted by Crippen LogP contribution is 2.17. The lowest BCUT2D eigenvalue weighted by atomic mass is 10.1. The highest BCUT2D eigenvalue weighted by Gasteiger charge is 2.07. The number of hydrogen-bond donors (Lipinski definition) is 1. The van der Waals surface area contributed by atoms with Crippen molar-refractivity contribution < 1.29 is 13.9 Å². The molecule has 4 heteroatoms. The Bertz CT molecular complexity index is 599. The van der Waals surface area contributed by atoms with Crippen LogP contribution < -0.4 is 10.1 Å². The first-order chi connectivity index (χ1) is 9.70. The number of ether oxygens (including phenoxy) is 1. The molecule has 0 aliphatic carbocycles. The Morgan fingerprint density at radius 3 is 2.75 bits per heavy atom. The van der Waals surface area contributed by atoms with Gasteiger partial charge in [-0.05, 0) is 36.2 Å². The summed E-state index contributed by atoms with van der Waals surface area (Å²) in [5, 5.41) is 2.76. The summed E-state index contributed by atoms with van der Waals surface area (Å²) in [6.07, 6.45) is 0.658. The molecule has 1 N–H and O–H groups in total. The predicted octanol–water partition coefficient (Wildman–Crippen LogP) is 2.81. The second-order valence-electron chi connectivity index (χ2n) is 4.33. The third-order valence-electron chi connectivity index (χ3n) is 2.96. The van der Waals surface area contributed by atoms with Gasteiger partial charge in [-0.1, -0.05) is 24.3 Å². The van der Waals surface area contributed by atoms with Gasteiger partial charge in [0.1, 0.15) is 11.6 Å². The first-order valence-electron chi connectivity index (χ1n) is 6.36. The molecule has 0 saturated carbocycles. The topological polar surface area (TPSA) is 38.3 Å². The molecule has 2 rings (SSSR count). The molecule has 0 heterocycles. The summed E-state index contributed by atoms with van der Waals surface area (Å²) in [6.45, 7) is 0.468. The Morgan fingerprint density at radius 2 is 2.00 bits per heavy atom. The molecule has 104 valence electrons. The number of hydrogen-bond acceptors (Lipinski definition) is 2. The molecule has 0 fully saturated rings. The van der Waals surface area contributed by atoms with Crippen LogP contribution in [0.25, 0.3) is 0 Å². The molecule has 0 atom stereocenters. The van der Waals surface area contributed by atoms with Crippen LogP contribution in [0.4, 0.5) is 4.39 Å². The van der Waals surface area contributed by atoms with Gasteiger partial charge in [0.2, 0.25) is 0 Å². The Labute approximate surface area is 117 Å². The monoisotopic (exact) mass is 273 g/mol. The molecule has 3 nitrogen and oxygen atoms in total. The zero-order valence-corrected chi connectivity index (χ0v) is 11.2. The van der Waals surface area contributed by atoms with Crippen molar-refractivity contribution in [2.45, 2.75) is 6.42 Å². The van der Waals surface area contributed by atoms with Crippen LogP contribution in [-0.2, 0) is 6.42 Å². The average molecular weight is 273 g/mol. The van der Waals surface area contributed by atoms with Crippen molar-refractivity contribution in [3.8, 4) is 5.75 Å². The highest BCUT2D eigenvalue weighted by molar-refractivity contribution is 5.94.